The van der Waals surface area contributed by atoms with Crippen molar-refractivity contribution in [2.75, 3.05) is 18.2 Å². The topological polar surface area (TPSA) is 89.5 Å². The van der Waals surface area contributed by atoms with Crippen molar-refractivity contribution < 1.29 is 22.7 Å². The van der Waals surface area contributed by atoms with Crippen molar-refractivity contribution in [3.05, 3.63) is 65.2 Å². The first-order chi connectivity index (χ1) is 11.7. The van der Waals surface area contributed by atoms with Crippen LogP contribution in [0.25, 0.3) is 0 Å². The number of hydrogen-bond acceptors (Lipinski definition) is 5. The van der Waals surface area contributed by atoms with Crippen molar-refractivity contribution >= 4 is 27.4 Å². The summed E-state index contributed by atoms with van der Waals surface area (Å²) in [5.41, 5.74) is 2.30. The SMILES string of the molecule is Cc1cccc(NC(=O)COC(=O)c2cccc(CS(C)(=O)=O)c2)c1. The van der Waals surface area contributed by atoms with E-state index < -0.39 is 28.3 Å². The van der Waals surface area contributed by atoms with Gasteiger partial charge in [-0.15, -0.1) is 0 Å². The number of esters is 1. The van der Waals surface area contributed by atoms with Gasteiger partial charge in [-0.2, -0.15) is 0 Å². The van der Waals surface area contributed by atoms with Gasteiger partial charge in [0, 0.05) is 11.9 Å². The average molecular weight is 361 g/mol. The lowest BCUT2D eigenvalue weighted by Gasteiger charge is -2.08. The number of ether oxygens (including phenoxy) is 1. The zero-order valence-electron chi connectivity index (χ0n) is 14.0. The van der Waals surface area contributed by atoms with Crippen LogP contribution in [-0.2, 0) is 25.1 Å². The first-order valence-electron chi connectivity index (χ1n) is 7.53. The molecule has 2 rings (SSSR count). The third-order valence-electron chi connectivity index (χ3n) is 3.23. The molecule has 1 N–H and O–H groups in total. The fourth-order valence-corrected chi connectivity index (χ4v) is 3.01. The minimum atomic E-state index is -3.20. The first-order valence-corrected chi connectivity index (χ1v) is 9.59. The van der Waals surface area contributed by atoms with Gasteiger partial charge in [0.05, 0.1) is 11.3 Å². The first kappa shape index (κ1) is 18.7. The Morgan fingerprint density at radius 3 is 2.48 bits per heavy atom. The zero-order chi connectivity index (χ0) is 18.4. The van der Waals surface area contributed by atoms with E-state index in [1.165, 1.54) is 12.1 Å². The highest BCUT2D eigenvalue weighted by atomic mass is 32.2. The molecule has 0 unspecified atom stereocenters. The lowest BCUT2D eigenvalue weighted by molar-refractivity contribution is -0.119. The van der Waals surface area contributed by atoms with Crippen LogP contribution in [0.5, 0.6) is 0 Å². The van der Waals surface area contributed by atoms with Crippen molar-refractivity contribution in [3.63, 3.8) is 0 Å². The van der Waals surface area contributed by atoms with Gasteiger partial charge >= 0.3 is 5.97 Å². The van der Waals surface area contributed by atoms with Crippen molar-refractivity contribution in [2.45, 2.75) is 12.7 Å². The summed E-state index contributed by atoms with van der Waals surface area (Å²) in [5, 5.41) is 2.64. The third-order valence-corrected chi connectivity index (χ3v) is 4.09. The summed E-state index contributed by atoms with van der Waals surface area (Å²) in [6, 6.07) is 13.4. The Balaban J connectivity index is 1.93. The molecule has 2 aromatic rings. The van der Waals surface area contributed by atoms with Gasteiger partial charge in [0.15, 0.2) is 16.4 Å². The molecule has 25 heavy (non-hydrogen) atoms. The summed E-state index contributed by atoms with van der Waals surface area (Å²) in [6.07, 6.45) is 1.12. The molecule has 0 radical (unpaired) electrons. The molecule has 2 aromatic carbocycles. The van der Waals surface area contributed by atoms with E-state index >= 15 is 0 Å². The van der Waals surface area contributed by atoms with E-state index in [1.807, 2.05) is 19.1 Å². The predicted molar refractivity (Wildman–Crippen MR) is 95.1 cm³/mol. The second-order valence-corrected chi connectivity index (χ2v) is 7.90. The summed E-state index contributed by atoms with van der Waals surface area (Å²) in [7, 11) is -3.20. The Bertz CT molecular complexity index is 890. The molecule has 0 heterocycles. The molecule has 0 aliphatic carbocycles. The van der Waals surface area contributed by atoms with Crippen molar-refractivity contribution in [1.29, 1.82) is 0 Å². The van der Waals surface area contributed by atoms with E-state index in [4.69, 9.17) is 4.74 Å². The maximum absolute atomic E-state index is 12.0. The molecule has 7 heteroatoms. The number of benzene rings is 2. The molecule has 0 fully saturated rings. The van der Waals surface area contributed by atoms with E-state index in [9.17, 15) is 18.0 Å². The van der Waals surface area contributed by atoms with Crippen LogP contribution in [0.2, 0.25) is 0 Å². The normalized spacial score (nSPS) is 11.0. The van der Waals surface area contributed by atoms with Crippen LogP contribution >= 0.6 is 0 Å². The second kappa shape index (κ2) is 7.94. The number of rotatable bonds is 6. The molecule has 0 atom stereocenters. The van der Waals surface area contributed by atoms with Crippen LogP contribution in [-0.4, -0.2) is 33.2 Å². The van der Waals surface area contributed by atoms with Crippen LogP contribution in [0.3, 0.4) is 0 Å². The van der Waals surface area contributed by atoms with Gasteiger partial charge in [0.25, 0.3) is 5.91 Å². The van der Waals surface area contributed by atoms with Gasteiger partial charge in [0.1, 0.15) is 0 Å². The van der Waals surface area contributed by atoms with Crippen molar-refractivity contribution in [1.82, 2.24) is 0 Å². The van der Waals surface area contributed by atoms with Crippen LogP contribution in [0, 0.1) is 6.92 Å². The number of sulfone groups is 1. The fraction of sp³-hybridized carbons (Fsp3) is 0.222. The Hall–Kier alpha value is -2.67. The van der Waals surface area contributed by atoms with Crippen LogP contribution < -0.4 is 5.32 Å². The molecule has 0 aliphatic heterocycles. The zero-order valence-corrected chi connectivity index (χ0v) is 14.8. The predicted octanol–water partition coefficient (Wildman–Crippen LogP) is 2.34. The lowest BCUT2D eigenvalue weighted by atomic mass is 10.1. The average Bonchev–Trinajstić information content (AvgIpc) is 2.51. The molecular formula is C18H19NO5S. The summed E-state index contributed by atoms with van der Waals surface area (Å²) >= 11 is 0. The summed E-state index contributed by atoms with van der Waals surface area (Å²) < 4.78 is 27.6. The van der Waals surface area contributed by atoms with E-state index in [-0.39, 0.29) is 11.3 Å². The number of anilines is 1. The molecule has 6 nitrogen and oxygen atoms in total. The summed E-state index contributed by atoms with van der Waals surface area (Å²) in [4.78, 5) is 23.9. The number of carbonyl (C=O) groups excluding carboxylic acids is 2. The molecular weight excluding hydrogens is 342 g/mol. The molecule has 0 aromatic heterocycles. The monoisotopic (exact) mass is 361 g/mol. The molecule has 0 aliphatic rings. The molecule has 0 saturated heterocycles. The smallest absolute Gasteiger partial charge is 0.338 e. The number of amides is 1. The minimum absolute atomic E-state index is 0.165. The molecule has 132 valence electrons. The Morgan fingerprint density at radius 1 is 1.08 bits per heavy atom. The van der Waals surface area contributed by atoms with Crippen molar-refractivity contribution in [2.24, 2.45) is 0 Å². The number of nitrogens with one attached hydrogen (secondary N) is 1. The summed E-state index contributed by atoms with van der Waals surface area (Å²) in [5.74, 6) is -1.30. The highest BCUT2D eigenvalue weighted by Gasteiger charge is 2.12. The van der Waals surface area contributed by atoms with Crippen LogP contribution in [0.15, 0.2) is 48.5 Å². The quantitative estimate of drug-likeness (QED) is 0.798. The highest BCUT2D eigenvalue weighted by Crippen LogP contribution is 2.11. The van der Waals surface area contributed by atoms with E-state index in [0.29, 0.717) is 11.3 Å². The second-order valence-electron chi connectivity index (χ2n) is 5.76. The Kier molecular flexibility index (Phi) is 5.93. The maximum Gasteiger partial charge on any atom is 0.338 e. The fourth-order valence-electron chi connectivity index (χ4n) is 2.23. The summed E-state index contributed by atoms with van der Waals surface area (Å²) in [6.45, 7) is 1.47. The van der Waals surface area contributed by atoms with Gasteiger partial charge in [-0.05, 0) is 42.3 Å². The number of hydrogen-bond donors (Lipinski definition) is 1. The van der Waals surface area contributed by atoms with Crippen molar-refractivity contribution in [3.8, 4) is 0 Å². The van der Waals surface area contributed by atoms with Crippen LogP contribution in [0.4, 0.5) is 5.69 Å². The Morgan fingerprint density at radius 2 is 1.80 bits per heavy atom. The van der Waals surface area contributed by atoms with Crippen LogP contribution in [0.1, 0.15) is 21.5 Å². The largest absolute Gasteiger partial charge is 0.452 e. The van der Waals surface area contributed by atoms with Gasteiger partial charge in [-0.3, -0.25) is 4.79 Å². The number of aryl methyl sites for hydroxylation is 1. The van der Waals surface area contributed by atoms with E-state index in [1.54, 1.807) is 24.3 Å². The standard InChI is InChI=1S/C18H19NO5S/c1-13-5-3-8-16(9-13)19-17(20)11-24-18(21)15-7-4-6-14(10-15)12-25(2,22)23/h3-10H,11-12H2,1-2H3,(H,19,20). The third kappa shape index (κ3) is 6.39. The molecule has 1 amide bonds. The number of carbonyl (C=O) groups is 2. The van der Waals surface area contributed by atoms with Gasteiger partial charge in [0.2, 0.25) is 0 Å². The van der Waals surface area contributed by atoms with E-state index in [0.717, 1.165) is 11.8 Å². The highest BCUT2D eigenvalue weighted by molar-refractivity contribution is 7.89. The van der Waals surface area contributed by atoms with Gasteiger partial charge < -0.3 is 10.1 Å². The molecule has 0 saturated carbocycles. The Labute approximate surface area is 146 Å². The van der Waals surface area contributed by atoms with Gasteiger partial charge in [-0.25, -0.2) is 13.2 Å². The molecule has 0 spiro atoms. The lowest BCUT2D eigenvalue weighted by Crippen LogP contribution is -2.21. The van der Waals surface area contributed by atoms with E-state index in [2.05, 4.69) is 5.32 Å². The maximum atomic E-state index is 12.0. The minimum Gasteiger partial charge on any atom is -0.452 e. The molecule has 0 bridgehead atoms. The van der Waals surface area contributed by atoms with Gasteiger partial charge in [-0.1, -0.05) is 24.3 Å².